The molecule has 3 N–H and O–H groups in total. The lowest BCUT2D eigenvalue weighted by atomic mass is 10.1. The number of carbonyl (C=O) groups is 1. The molecule has 2 heterocycles. The molecule has 6 heteroatoms. The van der Waals surface area contributed by atoms with Gasteiger partial charge in [0.05, 0.1) is 6.20 Å². The minimum Gasteiger partial charge on any atom is -0.368 e. The lowest BCUT2D eigenvalue weighted by molar-refractivity contribution is -0.123. The molecule has 1 aliphatic rings. The van der Waals surface area contributed by atoms with Crippen LogP contribution in [0.15, 0.2) is 12.4 Å². The van der Waals surface area contributed by atoms with E-state index in [4.69, 9.17) is 5.73 Å². The van der Waals surface area contributed by atoms with Gasteiger partial charge in [-0.05, 0) is 19.9 Å². The lowest BCUT2D eigenvalue weighted by Crippen LogP contribution is -2.39. The second-order valence-corrected chi connectivity index (χ2v) is 4.57. The molecule has 1 aromatic heterocycles. The number of nitrogens with zero attached hydrogens (tertiary/aromatic N) is 3. The van der Waals surface area contributed by atoms with Crippen molar-refractivity contribution in [3.05, 3.63) is 18.0 Å². The van der Waals surface area contributed by atoms with Crippen LogP contribution in [0.4, 0.5) is 0 Å². The molecule has 0 saturated carbocycles. The van der Waals surface area contributed by atoms with Gasteiger partial charge in [-0.15, -0.1) is 0 Å². The normalized spacial score (nSPS) is 19.4. The molecular weight excluding hydrogens is 230 g/mol. The van der Waals surface area contributed by atoms with E-state index >= 15 is 0 Å². The highest BCUT2D eigenvalue weighted by atomic mass is 16.1. The van der Waals surface area contributed by atoms with Crippen molar-refractivity contribution in [2.75, 3.05) is 26.2 Å². The Kier molecular flexibility index (Phi) is 4.33. The molecule has 0 aliphatic carbocycles. The molecule has 100 valence electrons. The van der Waals surface area contributed by atoms with Crippen molar-refractivity contribution in [2.45, 2.75) is 25.9 Å². The Morgan fingerprint density at radius 2 is 2.39 bits per heavy atom. The summed E-state index contributed by atoms with van der Waals surface area (Å²) in [7, 11) is 0. The standard InChI is InChI=1S/C12H21N5O/c1-2-17-9-10(8-15-17)11(12(13)18)16-6-3-4-14-5-7-16/h8-9,11,14H,2-7H2,1H3,(H2,13,18). The van der Waals surface area contributed by atoms with E-state index in [2.05, 4.69) is 15.3 Å². The van der Waals surface area contributed by atoms with Crippen LogP contribution in [0, 0.1) is 0 Å². The van der Waals surface area contributed by atoms with Crippen molar-refractivity contribution in [1.82, 2.24) is 20.0 Å². The number of carbonyl (C=O) groups excluding carboxylic acids is 1. The highest BCUT2D eigenvalue weighted by Crippen LogP contribution is 2.20. The van der Waals surface area contributed by atoms with Crippen LogP contribution in [0.5, 0.6) is 0 Å². The number of aromatic nitrogens is 2. The second-order valence-electron chi connectivity index (χ2n) is 4.57. The smallest absolute Gasteiger partial charge is 0.239 e. The van der Waals surface area contributed by atoms with Crippen molar-refractivity contribution in [3.8, 4) is 0 Å². The van der Waals surface area contributed by atoms with Crippen LogP contribution in [0.1, 0.15) is 24.9 Å². The van der Waals surface area contributed by atoms with Crippen molar-refractivity contribution < 1.29 is 4.79 Å². The van der Waals surface area contributed by atoms with E-state index < -0.39 is 0 Å². The van der Waals surface area contributed by atoms with Gasteiger partial charge in [0.2, 0.25) is 5.91 Å². The Balaban J connectivity index is 2.18. The van der Waals surface area contributed by atoms with E-state index in [9.17, 15) is 4.79 Å². The van der Waals surface area contributed by atoms with Gasteiger partial charge in [-0.2, -0.15) is 5.10 Å². The predicted octanol–water partition coefficient (Wildman–Crippen LogP) is -0.275. The predicted molar refractivity (Wildman–Crippen MR) is 68.9 cm³/mol. The molecule has 1 fully saturated rings. The zero-order valence-electron chi connectivity index (χ0n) is 10.8. The van der Waals surface area contributed by atoms with Crippen LogP contribution in [-0.2, 0) is 11.3 Å². The molecule has 1 aliphatic heterocycles. The molecule has 6 nitrogen and oxygen atoms in total. The number of aryl methyl sites for hydroxylation is 1. The third-order valence-electron chi connectivity index (χ3n) is 3.30. The maximum atomic E-state index is 11.7. The molecule has 1 unspecified atom stereocenters. The van der Waals surface area contributed by atoms with Crippen LogP contribution in [0.25, 0.3) is 0 Å². The summed E-state index contributed by atoms with van der Waals surface area (Å²) in [5.41, 5.74) is 6.46. The zero-order valence-corrected chi connectivity index (χ0v) is 10.8. The van der Waals surface area contributed by atoms with Crippen molar-refractivity contribution in [3.63, 3.8) is 0 Å². The number of nitrogens with one attached hydrogen (secondary N) is 1. The SMILES string of the molecule is CCn1cc(C(C(N)=O)N2CCCNCC2)cn1. The Labute approximate surface area is 107 Å². The fourth-order valence-electron chi connectivity index (χ4n) is 2.37. The molecule has 0 aromatic carbocycles. The van der Waals surface area contributed by atoms with E-state index in [1.165, 1.54) is 0 Å². The van der Waals surface area contributed by atoms with Gasteiger partial charge in [0, 0.05) is 37.9 Å². The lowest BCUT2D eigenvalue weighted by Gasteiger charge is -2.27. The molecule has 1 amide bonds. The summed E-state index contributed by atoms with van der Waals surface area (Å²) < 4.78 is 1.82. The summed E-state index contributed by atoms with van der Waals surface area (Å²) in [5.74, 6) is -0.299. The third-order valence-corrected chi connectivity index (χ3v) is 3.30. The van der Waals surface area contributed by atoms with Crippen LogP contribution in [0.3, 0.4) is 0 Å². The van der Waals surface area contributed by atoms with E-state index in [0.29, 0.717) is 0 Å². The fourth-order valence-corrected chi connectivity index (χ4v) is 2.37. The summed E-state index contributed by atoms with van der Waals surface area (Å²) in [6.45, 7) is 6.43. The molecule has 1 atom stereocenters. The van der Waals surface area contributed by atoms with Crippen molar-refractivity contribution in [1.29, 1.82) is 0 Å². The summed E-state index contributed by atoms with van der Waals surface area (Å²) in [4.78, 5) is 13.9. The molecule has 1 saturated heterocycles. The number of hydrogen-bond donors (Lipinski definition) is 2. The van der Waals surface area contributed by atoms with E-state index in [0.717, 1.165) is 44.7 Å². The number of nitrogens with two attached hydrogens (primary N) is 1. The Hall–Kier alpha value is -1.40. The molecule has 2 rings (SSSR count). The maximum Gasteiger partial charge on any atom is 0.239 e. The third kappa shape index (κ3) is 2.88. The van der Waals surface area contributed by atoms with Gasteiger partial charge < -0.3 is 11.1 Å². The monoisotopic (exact) mass is 251 g/mol. The highest BCUT2D eigenvalue weighted by Gasteiger charge is 2.27. The number of amides is 1. The second kappa shape index (κ2) is 5.97. The molecule has 0 radical (unpaired) electrons. The minimum absolute atomic E-state index is 0.299. The van der Waals surface area contributed by atoms with E-state index in [1.807, 2.05) is 17.8 Å². The van der Waals surface area contributed by atoms with Crippen LogP contribution in [0.2, 0.25) is 0 Å². The van der Waals surface area contributed by atoms with Gasteiger partial charge in [0.25, 0.3) is 0 Å². The quantitative estimate of drug-likeness (QED) is 0.772. The zero-order chi connectivity index (χ0) is 13.0. The number of primary amides is 1. The Morgan fingerprint density at radius 1 is 1.56 bits per heavy atom. The van der Waals surface area contributed by atoms with Crippen molar-refractivity contribution >= 4 is 5.91 Å². The van der Waals surface area contributed by atoms with Gasteiger partial charge in [-0.3, -0.25) is 14.4 Å². The van der Waals surface area contributed by atoms with Gasteiger partial charge >= 0.3 is 0 Å². The summed E-state index contributed by atoms with van der Waals surface area (Å²) in [6.07, 6.45) is 4.69. The van der Waals surface area contributed by atoms with Crippen LogP contribution in [-0.4, -0.2) is 46.8 Å². The Bertz CT molecular complexity index is 395. The van der Waals surface area contributed by atoms with E-state index in [1.54, 1.807) is 6.20 Å². The first-order valence-electron chi connectivity index (χ1n) is 6.48. The van der Waals surface area contributed by atoms with Gasteiger partial charge in [-0.1, -0.05) is 0 Å². The first-order valence-corrected chi connectivity index (χ1v) is 6.48. The topological polar surface area (TPSA) is 76.2 Å². The van der Waals surface area contributed by atoms with Crippen molar-refractivity contribution in [2.24, 2.45) is 5.73 Å². The van der Waals surface area contributed by atoms with Gasteiger partial charge in [0.1, 0.15) is 6.04 Å². The fraction of sp³-hybridized carbons (Fsp3) is 0.667. The number of rotatable bonds is 4. The molecule has 0 spiro atoms. The highest BCUT2D eigenvalue weighted by molar-refractivity contribution is 5.81. The first-order chi connectivity index (χ1) is 8.72. The summed E-state index contributed by atoms with van der Waals surface area (Å²) >= 11 is 0. The molecule has 18 heavy (non-hydrogen) atoms. The average molecular weight is 251 g/mol. The first kappa shape index (κ1) is 13.0. The van der Waals surface area contributed by atoms with Crippen LogP contribution >= 0.6 is 0 Å². The molecular formula is C12H21N5O. The largest absolute Gasteiger partial charge is 0.368 e. The van der Waals surface area contributed by atoms with E-state index in [-0.39, 0.29) is 11.9 Å². The Morgan fingerprint density at radius 3 is 3.06 bits per heavy atom. The van der Waals surface area contributed by atoms with Crippen LogP contribution < -0.4 is 11.1 Å². The number of hydrogen-bond acceptors (Lipinski definition) is 4. The molecule has 1 aromatic rings. The maximum absolute atomic E-state index is 11.7. The summed E-state index contributed by atoms with van der Waals surface area (Å²) in [5, 5.41) is 7.55. The average Bonchev–Trinajstić information content (AvgIpc) is 2.65. The minimum atomic E-state index is -0.356. The summed E-state index contributed by atoms with van der Waals surface area (Å²) in [6, 6.07) is -0.356. The van der Waals surface area contributed by atoms with Gasteiger partial charge in [0.15, 0.2) is 0 Å². The molecule has 0 bridgehead atoms. The van der Waals surface area contributed by atoms with Gasteiger partial charge in [-0.25, -0.2) is 0 Å².